The number of aliphatic carboxylic acids is 1. The van der Waals surface area contributed by atoms with Crippen LogP contribution in [0.3, 0.4) is 0 Å². The van der Waals surface area contributed by atoms with Gasteiger partial charge in [-0.05, 0) is 12.8 Å². The van der Waals surface area contributed by atoms with Crippen molar-refractivity contribution in [2.24, 2.45) is 7.05 Å². The number of carboxylic acids is 1. The van der Waals surface area contributed by atoms with Crippen molar-refractivity contribution >= 4 is 12.0 Å². The largest absolute Gasteiger partial charge is 0.480 e. The van der Waals surface area contributed by atoms with Crippen LogP contribution in [0.25, 0.3) is 0 Å². The predicted octanol–water partition coefficient (Wildman–Crippen LogP) is -0.384. The molecule has 2 amide bonds. The van der Waals surface area contributed by atoms with Crippen LogP contribution >= 0.6 is 0 Å². The molecule has 2 rings (SSSR count). The van der Waals surface area contributed by atoms with E-state index in [4.69, 9.17) is 5.11 Å². The highest BCUT2D eigenvalue weighted by Crippen LogP contribution is 2.17. The number of hydrogen-bond acceptors (Lipinski definition) is 4. The van der Waals surface area contributed by atoms with Crippen molar-refractivity contribution in [3.63, 3.8) is 0 Å². The first-order valence-electron chi connectivity index (χ1n) is 6.19. The molecule has 0 aromatic carbocycles. The van der Waals surface area contributed by atoms with Crippen molar-refractivity contribution in [3.8, 4) is 0 Å². The van der Waals surface area contributed by atoms with Gasteiger partial charge in [0, 0.05) is 26.6 Å². The number of rotatable bonds is 4. The van der Waals surface area contributed by atoms with Gasteiger partial charge in [-0.15, -0.1) is 0 Å². The molecule has 1 aromatic heterocycles. The van der Waals surface area contributed by atoms with E-state index >= 15 is 0 Å². The standard InChI is InChI=1S/C11H17N5O3/c1-15-7-13-9(14-15)4-5-12-11(19)16-6-2-3-8(16)10(17)18/h7-8H,2-6H2,1H3,(H,12,19)(H,17,18)/t8-/m0/s1. The maximum absolute atomic E-state index is 11.9. The highest BCUT2D eigenvalue weighted by Gasteiger charge is 2.33. The zero-order valence-electron chi connectivity index (χ0n) is 10.7. The fourth-order valence-electron chi connectivity index (χ4n) is 2.15. The summed E-state index contributed by atoms with van der Waals surface area (Å²) in [6.07, 6.45) is 3.37. The van der Waals surface area contributed by atoms with Crippen LogP contribution in [-0.2, 0) is 18.3 Å². The number of likely N-dealkylation sites (tertiary alicyclic amines) is 1. The number of nitrogens with zero attached hydrogens (tertiary/aromatic N) is 4. The second kappa shape index (κ2) is 5.68. The lowest BCUT2D eigenvalue weighted by molar-refractivity contribution is -0.141. The Morgan fingerprint density at radius 1 is 1.58 bits per heavy atom. The van der Waals surface area contributed by atoms with Gasteiger partial charge in [0.05, 0.1) is 0 Å². The molecule has 0 radical (unpaired) electrons. The fraction of sp³-hybridized carbons (Fsp3) is 0.636. The molecule has 104 valence electrons. The number of aromatic nitrogens is 3. The van der Waals surface area contributed by atoms with E-state index < -0.39 is 12.0 Å². The van der Waals surface area contributed by atoms with Gasteiger partial charge in [0.2, 0.25) is 0 Å². The molecule has 0 unspecified atom stereocenters. The fourth-order valence-corrected chi connectivity index (χ4v) is 2.15. The third kappa shape index (κ3) is 3.21. The summed E-state index contributed by atoms with van der Waals surface area (Å²) >= 11 is 0. The zero-order valence-corrected chi connectivity index (χ0v) is 10.7. The Kier molecular flexibility index (Phi) is 3.98. The molecular weight excluding hydrogens is 250 g/mol. The van der Waals surface area contributed by atoms with E-state index in [-0.39, 0.29) is 6.03 Å². The summed E-state index contributed by atoms with van der Waals surface area (Å²) in [4.78, 5) is 28.2. The van der Waals surface area contributed by atoms with E-state index in [0.717, 1.165) is 6.42 Å². The Morgan fingerprint density at radius 2 is 2.37 bits per heavy atom. The summed E-state index contributed by atoms with van der Waals surface area (Å²) in [6, 6.07) is -1.03. The number of carbonyl (C=O) groups is 2. The lowest BCUT2D eigenvalue weighted by atomic mass is 10.2. The highest BCUT2D eigenvalue weighted by molar-refractivity contribution is 5.83. The molecule has 2 N–H and O–H groups in total. The number of hydrogen-bond donors (Lipinski definition) is 2. The van der Waals surface area contributed by atoms with E-state index in [1.807, 2.05) is 0 Å². The molecule has 8 heteroatoms. The number of nitrogens with one attached hydrogen (secondary N) is 1. The van der Waals surface area contributed by atoms with Gasteiger partial charge in [0.25, 0.3) is 0 Å². The van der Waals surface area contributed by atoms with E-state index in [0.29, 0.717) is 31.8 Å². The molecule has 0 spiro atoms. The van der Waals surface area contributed by atoms with Crippen LogP contribution in [0.5, 0.6) is 0 Å². The van der Waals surface area contributed by atoms with Crippen LogP contribution in [0.2, 0.25) is 0 Å². The van der Waals surface area contributed by atoms with Gasteiger partial charge in [-0.1, -0.05) is 0 Å². The first-order valence-corrected chi connectivity index (χ1v) is 6.19. The number of carboxylic acid groups (broad SMARTS) is 1. The molecular formula is C11H17N5O3. The lowest BCUT2D eigenvalue weighted by Gasteiger charge is -2.21. The minimum atomic E-state index is -0.945. The smallest absolute Gasteiger partial charge is 0.326 e. The summed E-state index contributed by atoms with van der Waals surface area (Å²) in [5.41, 5.74) is 0. The van der Waals surface area contributed by atoms with Crippen molar-refractivity contribution in [1.29, 1.82) is 0 Å². The van der Waals surface area contributed by atoms with Crippen LogP contribution in [0.1, 0.15) is 18.7 Å². The summed E-state index contributed by atoms with van der Waals surface area (Å²) < 4.78 is 1.60. The van der Waals surface area contributed by atoms with Crippen molar-refractivity contribution in [2.45, 2.75) is 25.3 Å². The first kappa shape index (κ1) is 13.3. The highest BCUT2D eigenvalue weighted by atomic mass is 16.4. The summed E-state index contributed by atoms with van der Waals surface area (Å²) in [5.74, 6) is -0.293. The Balaban J connectivity index is 1.79. The van der Waals surface area contributed by atoms with Crippen LogP contribution < -0.4 is 5.32 Å². The average molecular weight is 267 g/mol. The van der Waals surface area contributed by atoms with Gasteiger partial charge in [0.15, 0.2) is 5.82 Å². The third-order valence-corrected chi connectivity index (χ3v) is 3.07. The van der Waals surface area contributed by atoms with Gasteiger partial charge >= 0.3 is 12.0 Å². The number of aryl methyl sites for hydroxylation is 1. The second-order valence-corrected chi connectivity index (χ2v) is 4.51. The third-order valence-electron chi connectivity index (χ3n) is 3.07. The number of amides is 2. The van der Waals surface area contributed by atoms with Crippen molar-refractivity contribution in [2.75, 3.05) is 13.1 Å². The summed E-state index contributed by atoms with van der Waals surface area (Å²) in [6.45, 7) is 0.885. The van der Waals surface area contributed by atoms with E-state index in [2.05, 4.69) is 15.4 Å². The Bertz CT molecular complexity index is 473. The SMILES string of the molecule is Cn1cnc(CCNC(=O)N2CCC[C@H]2C(=O)O)n1. The van der Waals surface area contributed by atoms with Crippen LogP contribution in [0.15, 0.2) is 6.33 Å². The second-order valence-electron chi connectivity index (χ2n) is 4.51. The molecule has 0 bridgehead atoms. The van der Waals surface area contributed by atoms with Gasteiger partial charge in [-0.25, -0.2) is 14.6 Å². The Morgan fingerprint density at radius 3 is 3.00 bits per heavy atom. The van der Waals surface area contributed by atoms with Crippen LogP contribution in [0.4, 0.5) is 4.79 Å². The van der Waals surface area contributed by atoms with E-state index in [9.17, 15) is 9.59 Å². The monoisotopic (exact) mass is 267 g/mol. The molecule has 0 saturated carbocycles. The molecule has 1 saturated heterocycles. The maximum atomic E-state index is 11.9. The van der Waals surface area contributed by atoms with Crippen molar-refractivity contribution in [3.05, 3.63) is 12.2 Å². The maximum Gasteiger partial charge on any atom is 0.326 e. The molecule has 1 atom stereocenters. The summed E-state index contributed by atoms with van der Waals surface area (Å²) in [5, 5.41) is 15.8. The van der Waals surface area contributed by atoms with Crippen LogP contribution in [0, 0.1) is 0 Å². The molecule has 1 aliphatic rings. The van der Waals surface area contributed by atoms with Crippen LogP contribution in [-0.4, -0.2) is 55.9 Å². The minimum Gasteiger partial charge on any atom is -0.480 e. The molecule has 19 heavy (non-hydrogen) atoms. The zero-order chi connectivity index (χ0) is 13.8. The molecule has 1 aliphatic heterocycles. The minimum absolute atomic E-state index is 0.333. The Labute approximate surface area is 110 Å². The summed E-state index contributed by atoms with van der Waals surface area (Å²) in [7, 11) is 1.77. The van der Waals surface area contributed by atoms with Gasteiger partial charge in [0.1, 0.15) is 12.4 Å². The predicted molar refractivity (Wildman–Crippen MR) is 65.5 cm³/mol. The lowest BCUT2D eigenvalue weighted by Crippen LogP contribution is -2.46. The molecule has 1 fully saturated rings. The van der Waals surface area contributed by atoms with Crippen molar-refractivity contribution in [1.82, 2.24) is 25.0 Å². The first-order chi connectivity index (χ1) is 9.08. The normalized spacial score (nSPS) is 18.6. The van der Waals surface area contributed by atoms with E-state index in [1.54, 1.807) is 18.1 Å². The number of urea groups is 1. The average Bonchev–Trinajstić information content (AvgIpc) is 2.97. The quantitative estimate of drug-likeness (QED) is 0.774. The van der Waals surface area contributed by atoms with Gasteiger partial charge < -0.3 is 15.3 Å². The molecule has 2 heterocycles. The Hall–Kier alpha value is -2.12. The molecule has 8 nitrogen and oxygen atoms in total. The molecule has 0 aliphatic carbocycles. The van der Waals surface area contributed by atoms with E-state index in [1.165, 1.54) is 4.90 Å². The van der Waals surface area contributed by atoms with Crippen molar-refractivity contribution < 1.29 is 14.7 Å². The number of carbonyl (C=O) groups excluding carboxylic acids is 1. The molecule has 1 aromatic rings. The van der Waals surface area contributed by atoms with Gasteiger partial charge in [-0.3, -0.25) is 4.68 Å². The topological polar surface area (TPSA) is 100 Å². The van der Waals surface area contributed by atoms with Gasteiger partial charge in [-0.2, -0.15) is 5.10 Å².